The molecule has 1 aromatic heterocycles. The normalized spacial score (nSPS) is 14.0. The number of fused-ring (bicyclic) bond motifs is 1. The van der Waals surface area contributed by atoms with E-state index in [0.29, 0.717) is 0 Å². The molecule has 1 amide bonds. The highest BCUT2D eigenvalue weighted by Crippen LogP contribution is 2.16. The lowest BCUT2D eigenvalue weighted by molar-refractivity contribution is -0.117. The van der Waals surface area contributed by atoms with Gasteiger partial charge >= 0.3 is 0 Å². The van der Waals surface area contributed by atoms with Crippen LogP contribution in [0.3, 0.4) is 0 Å². The highest BCUT2D eigenvalue weighted by Gasteiger charge is 2.13. The van der Waals surface area contributed by atoms with E-state index in [9.17, 15) is 9.59 Å². The Balaban J connectivity index is 1.74. The molecule has 0 fully saturated rings. The number of nitrogens with zero attached hydrogens (tertiary/aromatic N) is 2. The maximum atomic E-state index is 12.2. The van der Waals surface area contributed by atoms with Crippen LogP contribution in [0.5, 0.6) is 0 Å². The summed E-state index contributed by atoms with van der Waals surface area (Å²) in [6, 6.07) is 9.21. The highest BCUT2D eigenvalue weighted by molar-refractivity contribution is 5.90. The molecule has 23 heavy (non-hydrogen) atoms. The van der Waals surface area contributed by atoms with Gasteiger partial charge in [0.2, 0.25) is 5.91 Å². The van der Waals surface area contributed by atoms with Gasteiger partial charge in [-0.2, -0.15) is 5.10 Å². The van der Waals surface area contributed by atoms with E-state index in [1.165, 1.54) is 11.1 Å². The Labute approximate surface area is 135 Å². The predicted molar refractivity (Wildman–Crippen MR) is 89.6 cm³/mol. The van der Waals surface area contributed by atoms with Crippen molar-refractivity contribution in [3.63, 3.8) is 0 Å². The first kappa shape index (κ1) is 15.5. The van der Waals surface area contributed by atoms with E-state index < -0.39 is 0 Å². The molecule has 5 heteroatoms. The molecule has 0 unspecified atom stereocenters. The van der Waals surface area contributed by atoms with Crippen LogP contribution in [0.4, 0.5) is 5.69 Å². The molecular formula is C18H21N3O2. The van der Waals surface area contributed by atoms with E-state index in [1.54, 1.807) is 6.07 Å². The van der Waals surface area contributed by atoms with Crippen molar-refractivity contribution in [1.29, 1.82) is 0 Å². The van der Waals surface area contributed by atoms with Crippen molar-refractivity contribution < 1.29 is 4.79 Å². The summed E-state index contributed by atoms with van der Waals surface area (Å²) in [6.07, 6.45) is 5.15. The third-order valence-electron chi connectivity index (χ3n) is 4.15. The summed E-state index contributed by atoms with van der Waals surface area (Å²) in [5.41, 5.74) is 3.66. The summed E-state index contributed by atoms with van der Waals surface area (Å²) in [5.74, 6) is -0.239. The summed E-state index contributed by atoms with van der Waals surface area (Å²) >= 11 is 0. The van der Waals surface area contributed by atoms with Crippen LogP contribution in [0.15, 0.2) is 35.1 Å². The largest absolute Gasteiger partial charge is 0.324 e. The second kappa shape index (κ2) is 6.77. The number of anilines is 1. The van der Waals surface area contributed by atoms with Gasteiger partial charge in [0.25, 0.3) is 5.56 Å². The summed E-state index contributed by atoms with van der Waals surface area (Å²) in [4.78, 5) is 24.3. The Morgan fingerprint density at radius 1 is 1.17 bits per heavy atom. The van der Waals surface area contributed by atoms with Gasteiger partial charge in [-0.25, -0.2) is 4.68 Å². The minimum absolute atomic E-state index is 0.0556. The first-order valence-electron chi connectivity index (χ1n) is 8.08. The highest BCUT2D eigenvalue weighted by atomic mass is 16.2. The van der Waals surface area contributed by atoms with E-state index in [-0.39, 0.29) is 18.0 Å². The molecule has 0 aliphatic heterocycles. The molecule has 0 atom stereocenters. The molecule has 0 saturated carbocycles. The first-order valence-corrected chi connectivity index (χ1v) is 8.08. The molecule has 3 rings (SSSR count). The van der Waals surface area contributed by atoms with Crippen molar-refractivity contribution in [2.75, 3.05) is 5.32 Å². The van der Waals surface area contributed by atoms with Crippen molar-refractivity contribution >= 4 is 11.6 Å². The molecule has 0 bridgehead atoms. The van der Waals surface area contributed by atoms with Crippen molar-refractivity contribution in [3.8, 4) is 0 Å². The van der Waals surface area contributed by atoms with Crippen LogP contribution in [-0.2, 0) is 24.2 Å². The van der Waals surface area contributed by atoms with E-state index in [1.807, 2.05) is 31.2 Å². The maximum Gasteiger partial charge on any atom is 0.267 e. The minimum atomic E-state index is -0.239. The second-order valence-electron chi connectivity index (χ2n) is 6.09. The Hall–Kier alpha value is -2.43. The number of amides is 1. The van der Waals surface area contributed by atoms with Gasteiger partial charge < -0.3 is 5.32 Å². The monoisotopic (exact) mass is 311 g/mol. The first-order chi connectivity index (χ1) is 11.1. The lowest BCUT2D eigenvalue weighted by atomic mass is 10.1. The quantitative estimate of drug-likeness (QED) is 0.886. The van der Waals surface area contributed by atoms with Gasteiger partial charge in [0.15, 0.2) is 0 Å². The summed E-state index contributed by atoms with van der Waals surface area (Å²) in [6.45, 7) is 1.94. The fourth-order valence-corrected chi connectivity index (χ4v) is 2.86. The standard InChI is InChI=1S/C18H21N3O2/c1-13-7-9-15(10-8-13)19-17(22)12-21-18(23)11-14-5-3-2-4-6-16(14)20-21/h7-11H,2-6,12H2,1H3,(H,19,22). The zero-order valence-electron chi connectivity index (χ0n) is 13.3. The molecule has 0 radical (unpaired) electrons. The smallest absolute Gasteiger partial charge is 0.267 e. The van der Waals surface area contributed by atoms with Crippen LogP contribution in [0.2, 0.25) is 0 Å². The van der Waals surface area contributed by atoms with Crippen LogP contribution >= 0.6 is 0 Å². The van der Waals surface area contributed by atoms with Crippen molar-refractivity contribution in [2.45, 2.75) is 45.6 Å². The minimum Gasteiger partial charge on any atom is -0.324 e. The van der Waals surface area contributed by atoms with E-state index in [0.717, 1.165) is 48.2 Å². The molecule has 1 aliphatic rings. The van der Waals surface area contributed by atoms with E-state index >= 15 is 0 Å². The summed E-state index contributed by atoms with van der Waals surface area (Å²) < 4.78 is 1.27. The molecule has 5 nitrogen and oxygen atoms in total. The molecule has 0 saturated heterocycles. The Morgan fingerprint density at radius 3 is 2.70 bits per heavy atom. The van der Waals surface area contributed by atoms with Crippen molar-refractivity contribution in [3.05, 3.63) is 57.5 Å². The molecule has 1 aromatic carbocycles. The number of aryl methyl sites for hydroxylation is 3. The molecule has 120 valence electrons. The lowest BCUT2D eigenvalue weighted by Gasteiger charge is -2.10. The topological polar surface area (TPSA) is 64.0 Å². The number of benzene rings is 1. The molecule has 1 N–H and O–H groups in total. The number of carbonyl (C=O) groups excluding carboxylic acids is 1. The Kier molecular flexibility index (Phi) is 4.55. The van der Waals surface area contributed by atoms with Crippen LogP contribution < -0.4 is 10.9 Å². The maximum absolute atomic E-state index is 12.2. The number of hydrogen-bond donors (Lipinski definition) is 1. The molecule has 2 aromatic rings. The number of hydrogen-bond acceptors (Lipinski definition) is 3. The molecule has 1 aliphatic carbocycles. The van der Waals surface area contributed by atoms with Crippen LogP contribution in [-0.4, -0.2) is 15.7 Å². The van der Waals surface area contributed by atoms with Gasteiger partial charge in [-0.15, -0.1) is 0 Å². The van der Waals surface area contributed by atoms with Gasteiger partial charge in [-0.05, 0) is 50.3 Å². The second-order valence-corrected chi connectivity index (χ2v) is 6.09. The fraction of sp³-hybridized carbons (Fsp3) is 0.389. The number of nitrogens with one attached hydrogen (secondary N) is 1. The Morgan fingerprint density at radius 2 is 1.91 bits per heavy atom. The molecule has 0 spiro atoms. The van der Waals surface area contributed by atoms with Crippen LogP contribution in [0.25, 0.3) is 0 Å². The summed E-state index contributed by atoms with van der Waals surface area (Å²) in [5, 5.41) is 7.21. The third kappa shape index (κ3) is 3.86. The molecule has 1 heterocycles. The van der Waals surface area contributed by atoms with Gasteiger partial charge in [-0.1, -0.05) is 24.1 Å². The van der Waals surface area contributed by atoms with Crippen molar-refractivity contribution in [1.82, 2.24) is 9.78 Å². The zero-order valence-corrected chi connectivity index (χ0v) is 13.3. The predicted octanol–water partition coefficient (Wildman–Crippen LogP) is 2.46. The van der Waals surface area contributed by atoms with Gasteiger partial charge in [0.05, 0.1) is 5.69 Å². The lowest BCUT2D eigenvalue weighted by Crippen LogP contribution is -2.30. The van der Waals surface area contributed by atoms with Gasteiger partial charge in [0, 0.05) is 11.8 Å². The van der Waals surface area contributed by atoms with Gasteiger partial charge in [0.1, 0.15) is 6.54 Å². The number of carbonyl (C=O) groups is 1. The SMILES string of the molecule is Cc1ccc(NC(=O)Cn2nc3c(cc2=O)CCCCC3)cc1. The van der Waals surface area contributed by atoms with Crippen LogP contribution in [0.1, 0.15) is 36.1 Å². The van der Waals surface area contributed by atoms with Gasteiger partial charge in [-0.3, -0.25) is 9.59 Å². The third-order valence-corrected chi connectivity index (χ3v) is 4.15. The number of rotatable bonds is 3. The van der Waals surface area contributed by atoms with Crippen molar-refractivity contribution in [2.24, 2.45) is 0 Å². The van der Waals surface area contributed by atoms with E-state index in [2.05, 4.69) is 10.4 Å². The van der Waals surface area contributed by atoms with E-state index in [4.69, 9.17) is 0 Å². The number of aromatic nitrogens is 2. The summed E-state index contributed by atoms with van der Waals surface area (Å²) in [7, 11) is 0. The molecular weight excluding hydrogens is 290 g/mol. The fourth-order valence-electron chi connectivity index (χ4n) is 2.86. The average Bonchev–Trinajstić information content (AvgIpc) is 2.75. The Bertz CT molecular complexity index is 763. The average molecular weight is 311 g/mol. The van der Waals surface area contributed by atoms with Crippen LogP contribution in [0, 0.1) is 6.92 Å². The zero-order chi connectivity index (χ0) is 16.2.